The molecule has 2 fully saturated rings. The molecule has 4 rings (SSSR count). The minimum absolute atomic E-state index is 0.0267. The average Bonchev–Trinajstić information content (AvgIpc) is 3.44. The van der Waals surface area contributed by atoms with Gasteiger partial charge in [0.05, 0.1) is 6.04 Å². The normalized spacial score (nSPS) is 20.3. The van der Waals surface area contributed by atoms with Gasteiger partial charge >= 0.3 is 0 Å². The highest BCUT2D eigenvalue weighted by Crippen LogP contribution is 2.34. The van der Waals surface area contributed by atoms with Gasteiger partial charge in [0.2, 0.25) is 11.8 Å². The maximum atomic E-state index is 12.8. The van der Waals surface area contributed by atoms with Crippen molar-refractivity contribution in [2.75, 3.05) is 6.54 Å². The van der Waals surface area contributed by atoms with E-state index in [1.54, 1.807) is 4.90 Å². The molecule has 4 nitrogen and oxygen atoms in total. The Hall–Kier alpha value is -2.62. The van der Waals surface area contributed by atoms with Crippen molar-refractivity contribution in [3.63, 3.8) is 0 Å². The summed E-state index contributed by atoms with van der Waals surface area (Å²) in [6, 6.07) is 18.2. The number of amides is 2. The summed E-state index contributed by atoms with van der Waals surface area (Å²) >= 11 is 0. The number of hydrogen-bond acceptors (Lipinski definition) is 2. The fraction of sp³-hybridized carbons (Fsp3) is 0.391. The lowest BCUT2D eigenvalue weighted by molar-refractivity contribution is -0.139. The number of nitrogens with one attached hydrogen (secondary N) is 1. The first-order valence-electron chi connectivity index (χ1n) is 9.90. The molecule has 1 saturated heterocycles. The molecule has 2 aromatic carbocycles. The summed E-state index contributed by atoms with van der Waals surface area (Å²) < 4.78 is 0. The number of benzene rings is 2. The van der Waals surface area contributed by atoms with Crippen molar-refractivity contribution in [3.8, 4) is 11.1 Å². The predicted octanol–water partition coefficient (Wildman–Crippen LogP) is 3.93. The predicted molar refractivity (Wildman–Crippen MR) is 106 cm³/mol. The number of carbonyl (C=O) groups is 2. The van der Waals surface area contributed by atoms with Crippen molar-refractivity contribution in [3.05, 3.63) is 60.2 Å². The van der Waals surface area contributed by atoms with Gasteiger partial charge in [0, 0.05) is 12.5 Å². The second kappa shape index (κ2) is 7.55. The number of nitrogens with zero attached hydrogens (tertiary/aromatic N) is 1. The Morgan fingerprint density at radius 3 is 2.30 bits per heavy atom. The van der Waals surface area contributed by atoms with Crippen molar-refractivity contribution in [1.29, 1.82) is 0 Å². The smallest absolute Gasteiger partial charge is 0.243 e. The van der Waals surface area contributed by atoms with Crippen LogP contribution in [0.15, 0.2) is 54.6 Å². The zero-order chi connectivity index (χ0) is 18.8. The average molecular weight is 362 g/mol. The van der Waals surface area contributed by atoms with E-state index < -0.39 is 0 Å². The molecule has 0 spiro atoms. The molecule has 1 heterocycles. The highest BCUT2D eigenvalue weighted by molar-refractivity contribution is 5.90. The quantitative estimate of drug-likeness (QED) is 0.876. The highest BCUT2D eigenvalue weighted by atomic mass is 16.2. The molecular formula is C23H26N2O2. The van der Waals surface area contributed by atoms with E-state index in [-0.39, 0.29) is 29.8 Å². The summed E-state index contributed by atoms with van der Waals surface area (Å²) in [4.78, 5) is 27.0. The minimum Gasteiger partial charge on any atom is -0.348 e. The van der Waals surface area contributed by atoms with Gasteiger partial charge in [-0.15, -0.1) is 0 Å². The molecule has 0 radical (unpaired) electrons. The molecule has 2 amide bonds. The summed E-state index contributed by atoms with van der Waals surface area (Å²) in [5, 5.41) is 3.11. The summed E-state index contributed by atoms with van der Waals surface area (Å²) in [6.45, 7) is 2.71. The summed E-state index contributed by atoms with van der Waals surface area (Å²) in [6.07, 6.45) is 3.64. The number of rotatable bonds is 5. The van der Waals surface area contributed by atoms with E-state index in [1.807, 2.05) is 25.1 Å². The third-order valence-corrected chi connectivity index (χ3v) is 5.64. The Labute approximate surface area is 160 Å². The fourth-order valence-electron chi connectivity index (χ4n) is 3.86. The molecule has 1 aliphatic heterocycles. The second-order valence-corrected chi connectivity index (χ2v) is 7.68. The van der Waals surface area contributed by atoms with E-state index in [4.69, 9.17) is 0 Å². The number of carbonyl (C=O) groups excluding carboxylic acids is 2. The van der Waals surface area contributed by atoms with Gasteiger partial charge in [0.1, 0.15) is 6.04 Å². The largest absolute Gasteiger partial charge is 0.348 e. The SMILES string of the molecule is C[C@H](NC(=O)[C@@H]1CCCN1C(=O)C1CC1)c1ccc(-c2ccccc2)cc1. The molecule has 1 saturated carbocycles. The van der Waals surface area contributed by atoms with Crippen LogP contribution in [0.3, 0.4) is 0 Å². The van der Waals surface area contributed by atoms with Gasteiger partial charge in [-0.2, -0.15) is 0 Å². The van der Waals surface area contributed by atoms with Gasteiger partial charge in [-0.05, 0) is 49.3 Å². The van der Waals surface area contributed by atoms with Crippen LogP contribution in [0.5, 0.6) is 0 Å². The maximum Gasteiger partial charge on any atom is 0.243 e. The first-order valence-corrected chi connectivity index (χ1v) is 9.90. The van der Waals surface area contributed by atoms with Crippen molar-refractivity contribution in [2.45, 2.75) is 44.7 Å². The van der Waals surface area contributed by atoms with Gasteiger partial charge in [-0.3, -0.25) is 9.59 Å². The van der Waals surface area contributed by atoms with Crippen molar-refractivity contribution < 1.29 is 9.59 Å². The van der Waals surface area contributed by atoms with E-state index in [0.29, 0.717) is 6.54 Å². The van der Waals surface area contributed by atoms with E-state index in [1.165, 1.54) is 5.56 Å². The lowest BCUT2D eigenvalue weighted by Crippen LogP contribution is -2.47. The molecule has 0 bridgehead atoms. The molecule has 1 N–H and O–H groups in total. The number of hydrogen-bond donors (Lipinski definition) is 1. The van der Waals surface area contributed by atoms with E-state index in [0.717, 1.165) is 36.8 Å². The molecule has 4 heteroatoms. The van der Waals surface area contributed by atoms with E-state index in [2.05, 4.69) is 41.7 Å². The zero-order valence-corrected chi connectivity index (χ0v) is 15.7. The van der Waals surface area contributed by atoms with Crippen molar-refractivity contribution in [1.82, 2.24) is 10.2 Å². The Balaban J connectivity index is 1.40. The van der Waals surface area contributed by atoms with Crippen LogP contribution in [0.1, 0.15) is 44.2 Å². The Morgan fingerprint density at radius 2 is 1.63 bits per heavy atom. The molecular weight excluding hydrogens is 336 g/mol. The molecule has 2 aromatic rings. The topological polar surface area (TPSA) is 49.4 Å². The van der Waals surface area contributed by atoms with Crippen molar-refractivity contribution in [2.24, 2.45) is 5.92 Å². The van der Waals surface area contributed by atoms with Gasteiger partial charge < -0.3 is 10.2 Å². The lowest BCUT2D eigenvalue weighted by atomic mass is 10.0. The Bertz CT molecular complexity index is 812. The van der Waals surface area contributed by atoms with Gasteiger partial charge in [0.25, 0.3) is 0 Å². The van der Waals surface area contributed by atoms with Crippen LogP contribution >= 0.6 is 0 Å². The standard InChI is InChI=1S/C23H26N2O2/c1-16(17-9-11-19(12-10-17)18-6-3-2-4-7-18)24-22(26)21-8-5-15-25(21)23(27)20-13-14-20/h2-4,6-7,9-12,16,20-21H,5,8,13-15H2,1H3,(H,24,26)/t16-,21-/m0/s1. The monoisotopic (exact) mass is 362 g/mol. The van der Waals surface area contributed by atoms with Gasteiger partial charge in [-0.1, -0.05) is 54.6 Å². The van der Waals surface area contributed by atoms with Crippen molar-refractivity contribution >= 4 is 11.8 Å². The van der Waals surface area contributed by atoms with E-state index in [9.17, 15) is 9.59 Å². The van der Waals surface area contributed by atoms with Crippen LogP contribution in [0.25, 0.3) is 11.1 Å². The van der Waals surface area contributed by atoms with Crippen LogP contribution in [0.2, 0.25) is 0 Å². The Kier molecular flexibility index (Phi) is 4.97. The van der Waals surface area contributed by atoms with Crippen LogP contribution < -0.4 is 5.32 Å². The minimum atomic E-state index is -0.302. The van der Waals surface area contributed by atoms with Crippen LogP contribution in [-0.4, -0.2) is 29.3 Å². The summed E-state index contributed by atoms with van der Waals surface area (Å²) in [7, 11) is 0. The molecule has 2 atom stereocenters. The molecule has 0 aromatic heterocycles. The first-order chi connectivity index (χ1) is 13.1. The van der Waals surface area contributed by atoms with Gasteiger partial charge in [0.15, 0.2) is 0 Å². The fourth-order valence-corrected chi connectivity index (χ4v) is 3.86. The van der Waals surface area contributed by atoms with E-state index >= 15 is 0 Å². The van der Waals surface area contributed by atoms with Gasteiger partial charge in [-0.25, -0.2) is 0 Å². The molecule has 2 aliphatic rings. The summed E-state index contributed by atoms with van der Waals surface area (Å²) in [5.74, 6) is 0.315. The second-order valence-electron chi connectivity index (χ2n) is 7.68. The third kappa shape index (κ3) is 3.90. The molecule has 1 aliphatic carbocycles. The molecule has 27 heavy (non-hydrogen) atoms. The number of likely N-dealkylation sites (tertiary alicyclic amines) is 1. The lowest BCUT2D eigenvalue weighted by Gasteiger charge is -2.25. The Morgan fingerprint density at radius 1 is 0.963 bits per heavy atom. The highest BCUT2D eigenvalue weighted by Gasteiger charge is 2.41. The third-order valence-electron chi connectivity index (χ3n) is 5.64. The summed E-state index contributed by atoms with van der Waals surface area (Å²) in [5.41, 5.74) is 3.41. The molecule has 140 valence electrons. The first kappa shape index (κ1) is 17.8. The molecule has 0 unspecified atom stereocenters. The maximum absolute atomic E-state index is 12.8. The van der Waals surface area contributed by atoms with Crippen LogP contribution in [-0.2, 0) is 9.59 Å². The van der Waals surface area contributed by atoms with Crippen LogP contribution in [0.4, 0.5) is 0 Å². The zero-order valence-electron chi connectivity index (χ0n) is 15.7. The van der Waals surface area contributed by atoms with Crippen LogP contribution in [0, 0.1) is 5.92 Å².